The Balaban J connectivity index is 1.59. The van der Waals surface area contributed by atoms with Crippen molar-refractivity contribution in [1.82, 2.24) is 15.1 Å². The molecule has 3 amide bonds. The van der Waals surface area contributed by atoms with Gasteiger partial charge in [0.1, 0.15) is 6.04 Å². The Morgan fingerprint density at radius 2 is 1.67 bits per heavy atom. The molecule has 1 atom stereocenters. The fourth-order valence-electron chi connectivity index (χ4n) is 3.89. The van der Waals surface area contributed by atoms with Gasteiger partial charge in [-0.1, -0.05) is 12.1 Å². The van der Waals surface area contributed by atoms with Crippen LogP contribution in [0.2, 0.25) is 0 Å². The van der Waals surface area contributed by atoms with Crippen LogP contribution in [0.25, 0.3) is 0 Å². The van der Waals surface area contributed by atoms with Crippen molar-refractivity contribution in [1.29, 1.82) is 0 Å². The Kier molecular flexibility index (Phi) is 5.82. The molecule has 0 aliphatic carbocycles. The number of nitrogens with zero attached hydrogens (tertiary/aromatic N) is 2. The van der Waals surface area contributed by atoms with Gasteiger partial charge in [0.15, 0.2) is 0 Å². The molecule has 0 radical (unpaired) electrons. The number of aryl methyl sites for hydroxylation is 3. The first-order valence-electron chi connectivity index (χ1n) is 9.78. The van der Waals surface area contributed by atoms with Crippen LogP contribution >= 0.6 is 0 Å². The topological polar surface area (TPSA) is 69.7 Å². The maximum atomic E-state index is 12.8. The summed E-state index contributed by atoms with van der Waals surface area (Å²) >= 11 is 0. The third-order valence-corrected chi connectivity index (χ3v) is 5.75. The van der Waals surface area contributed by atoms with Crippen LogP contribution in [0.5, 0.6) is 0 Å². The third-order valence-electron chi connectivity index (χ3n) is 5.75. The minimum atomic E-state index is -0.391. The van der Waals surface area contributed by atoms with Gasteiger partial charge in [0.25, 0.3) is 0 Å². The lowest BCUT2D eigenvalue weighted by Crippen LogP contribution is -2.46. The van der Waals surface area contributed by atoms with Gasteiger partial charge in [0.2, 0.25) is 17.7 Å². The van der Waals surface area contributed by atoms with E-state index in [1.54, 1.807) is 4.90 Å². The van der Waals surface area contributed by atoms with Gasteiger partial charge in [-0.3, -0.25) is 14.4 Å². The van der Waals surface area contributed by atoms with Crippen LogP contribution in [-0.4, -0.2) is 59.7 Å². The normalized spacial score (nSPS) is 20.4. The van der Waals surface area contributed by atoms with E-state index in [-0.39, 0.29) is 17.7 Å². The molecule has 1 aromatic rings. The summed E-state index contributed by atoms with van der Waals surface area (Å²) in [7, 11) is 0. The fourth-order valence-corrected chi connectivity index (χ4v) is 3.89. The molecule has 6 nitrogen and oxygen atoms in total. The van der Waals surface area contributed by atoms with Crippen molar-refractivity contribution in [2.24, 2.45) is 0 Å². The summed E-state index contributed by atoms with van der Waals surface area (Å²) in [5.74, 6) is 0.0497. The van der Waals surface area contributed by atoms with E-state index in [0.29, 0.717) is 45.4 Å². The number of carbonyl (C=O) groups is 3. The molecule has 2 saturated heterocycles. The number of carbonyl (C=O) groups excluding carboxylic acids is 3. The molecule has 1 unspecified atom stereocenters. The zero-order valence-electron chi connectivity index (χ0n) is 16.5. The lowest BCUT2D eigenvalue weighted by Gasteiger charge is -2.24. The molecule has 0 spiro atoms. The molecule has 0 aromatic heterocycles. The van der Waals surface area contributed by atoms with Gasteiger partial charge in [0.05, 0.1) is 6.42 Å². The van der Waals surface area contributed by atoms with Crippen molar-refractivity contribution >= 4 is 17.7 Å². The first kappa shape index (κ1) is 19.4. The monoisotopic (exact) mass is 371 g/mol. The Hall–Kier alpha value is -2.37. The number of amides is 3. The van der Waals surface area contributed by atoms with Gasteiger partial charge >= 0.3 is 0 Å². The highest BCUT2D eigenvalue weighted by Crippen LogP contribution is 2.18. The number of benzene rings is 1. The Labute approximate surface area is 160 Å². The fraction of sp³-hybridized carbons (Fsp3) is 0.571. The number of nitrogens with one attached hydrogen (secondary N) is 1. The summed E-state index contributed by atoms with van der Waals surface area (Å²) in [6.07, 6.45) is 2.16. The quantitative estimate of drug-likeness (QED) is 0.875. The van der Waals surface area contributed by atoms with Gasteiger partial charge < -0.3 is 15.1 Å². The second-order valence-corrected chi connectivity index (χ2v) is 7.76. The molecule has 0 saturated carbocycles. The van der Waals surface area contributed by atoms with Crippen molar-refractivity contribution in [3.63, 3.8) is 0 Å². The van der Waals surface area contributed by atoms with Crippen LogP contribution in [0.15, 0.2) is 12.1 Å². The van der Waals surface area contributed by atoms with Crippen LogP contribution in [-0.2, 0) is 20.8 Å². The highest BCUT2D eigenvalue weighted by Gasteiger charge is 2.32. The van der Waals surface area contributed by atoms with Gasteiger partial charge in [-0.15, -0.1) is 0 Å². The molecule has 0 bridgehead atoms. The van der Waals surface area contributed by atoms with E-state index >= 15 is 0 Å². The van der Waals surface area contributed by atoms with Crippen LogP contribution in [0, 0.1) is 20.8 Å². The van der Waals surface area contributed by atoms with E-state index in [1.165, 1.54) is 11.1 Å². The molecular weight excluding hydrogens is 342 g/mol. The average Bonchev–Trinajstić information content (AvgIpc) is 2.91. The predicted molar refractivity (Wildman–Crippen MR) is 103 cm³/mol. The summed E-state index contributed by atoms with van der Waals surface area (Å²) in [6.45, 7) is 8.59. The molecule has 6 heteroatoms. The molecule has 1 aromatic carbocycles. The lowest BCUT2D eigenvalue weighted by molar-refractivity contribution is -0.135. The Morgan fingerprint density at radius 1 is 1.00 bits per heavy atom. The minimum absolute atomic E-state index is 0.0137. The number of hydrogen-bond donors (Lipinski definition) is 1. The van der Waals surface area contributed by atoms with E-state index in [0.717, 1.165) is 17.5 Å². The molecule has 3 rings (SSSR count). The summed E-state index contributed by atoms with van der Waals surface area (Å²) < 4.78 is 0. The number of rotatable bonds is 3. The van der Waals surface area contributed by atoms with Gasteiger partial charge in [0, 0.05) is 32.6 Å². The standard InChI is InChI=1S/C21H29N3O3/c1-14-11-16(3)17(12-15(14)2)13-20(26)23-7-4-8-24(10-9-23)21(27)18-5-6-19(25)22-18/h11-12,18H,4-10,13H2,1-3H3,(H,22,25). The lowest BCUT2D eigenvalue weighted by atomic mass is 9.98. The summed E-state index contributed by atoms with van der Waals surface area (Å²) in [4.78, 5) is 40.4. The van der Waals surface area contributed by atoms with Crippen LogP contribution < -0.4 is 5.32 Å². The van der Waals surface area contributed by atoms with Gasteiger partial charge in [-0.2, -0.15) is 0 Å². The molecule has 2 heterocycles. The Morgan fingerprint density at radius 3 is 2.37 bits per heavy atom. The largest absolute Gasteiger partial charge is 0.344 e. The molecular formula is C21H29N3O3. The summed E-state index contributed by atoms with van der Waals surface area (Å²) in [6, 6.07) is 3.85. The summed E-state index contributed by atoms with van der Waals surface area (Å²) in [5.41, 5.74) is 4.67. The summed E-state index contributed by atoms with van der Waals surface area (Å²) in [5, 5.41) is 2.74. The molecule has 146 valence electrons. The smallest absolute Gasteiger partial charge is 0.245 e. The highest BCUT2D eigenvalue weighted by molar-refractivity contribution is 5.91. The zero-order chi connectivity index (χ0) is 19.6. The first-order valence-corrected chi connectivity index (χ1v) is 9.78. The molecule has 1 N–H and O–H groups in total. The Bertz CT molecular complexity index is 759. The number of hydrogen-bond acceptors (Lipinski definition) is 3. The van der Waals surface area contributed by atoms with Crippen molar-refractivity contribution in [2.75, 3.05) is 26.2 Å². The van der Waals surface area contributed by atoms with E-state index < -0.39 is 6.04 Å². The predicted octanol–water partition coefficient (Wildman–Crippen LogP) is 1.49. The van der Waals surface area contributed by atoms with Crippen molar-refractivity contribution in [2.45, 2.75) is 52.5 Å². The molecule has 27 heavy (non-hydrogen) atoms. The van der Waals surface area contributed by atoms with Gasteiger partial charge in [-0.25, -0.2) is 0 Å². The van der Waals surface area contributed by atoms with E-state index in [1.807, 2.05) is 11.8 Å². The first-order chi connectivity index (χ1) is 12.8. The van der Waals surface area contributed by atoms with E-state index in [4.69, 9.17) is 0 Å². The van der Waals surface area contributed by atoms with E-state index in [9.17, 15) is 14.4 Å². The van der Waals surface area contributed by atoms with E-state index in [2.05, 4.69) is 31.3 Å². The second-order valence-electron chi connectivity index (χ2n) is 7.76. The SMILES string of the molecule is Cc1cc(C)c(CC(=O)N2CCCN(C(=O)C3CCC(=O)N3)CC2)cc1C. The van der Waals surface area contributed by atoms with Crippen LogP contribution in [0.1, 0.15) is 41.5 Å². The molecule has 2 fully saturated rings. The minimum Gasteiger partial charge on any atom is -0.344 e. The van der Waals surface area contributed by atoms with Crippen molar-refractivity contribution in [3.05, 3.63) is 34.4 Å². The second kappa shape index (κ2) is 8.11. The maximum Gasteiger partial charge on any atom is 0.245 e. The van der Waals surface area contributed by atoms with Crippen molar-refractivity contribution < 1.29 is 14.4 Å². The van der Waals surface area contributed by atoms with Crippen LogP contribution in [0.4, 0.5) is 0 Å². The highest BCUT2D eigenvalue weighted by atomic mass is 16.2. The molecule has 2 aliphatic heterocycles. The molecule has 2 aliphatic rings. The zero-order valence-corrected chi connectivity index (χ0v) is 16.5. The average molecular weight is 371 g/mol. The maximum absolute atomic E-state index is 12.8. The third kappa shape index (κ3) is 4.49. The van der Waals surface area contributed by atoms with Crippen LogP contribution in [0.3, 0.4) is 0 Å². The van der Waals surface area contributed by atoms with Gasteiger partial charge in [-0.05, 0) is 55.9 Å². The van der Waals surface area contributed by atoms with Crippen molar-refractivity contribution in [3.8, 4) is 0 Å².